The third kappa shape index (κ3) is 6.51. The van der Waals surface area contributed by atoms with Gasteiger partial charge in [-0.25, -0.2) is 9.37 Å². The molecule has 0 spiro atoms. The highest BCUT2D eigenvalue weighted by atomic mass is 35.5. The second-order valence-corrected chi connectivity index (χ2v) is 9.20. The SMILES string of the molecule is CCOC1C=C(F)C=CC1(Cc1nc(-c2ccc(OC(F)F)c(OCC3CC3)c2)oc1C(C)N)C(=O)O.Cl. The van der Waals surface area contributed by atoms with Gasteiger partial charge in [-0.1, -0.05) is 6.08 Å². The topological polar surface area (TPSA) is 117 Å². The van der Waals surface area contributed by atoms with Crippen LogP contribution in [0, 0.1) is 11.3 Å². The van der Waals surface area contributed by atoms with Gasteiger partial charge in [0.25, 0.3) is 0 Å². The Kier molecular flexibility index (Phi) is 9.50. The molecule has 38 heavy (non-hydrogen) atoms. The minimum atomic E-state index is -3.03. The summed E-state index contributed by atoms with van der Waals surface area (Å²) in [6.45, 7) is 0.837. The van der Waals surface area contributed by atoms with E-state index in [1.165, 1.54) is 24.3 Å². The minimum absolute atomic E-state index is 0. The van der Waals surface area contributed by atoms with Crippen molar-refractivity contribution in [2.24, 2.45) is 17.1 Å². The van der Waals surface area contributed by atoms with Gasteiger partial charge in [0, 0.05) is 18.6 Å². The van der Waals surface area contributed by atoms with Gasteiger partial charge in [-0.05, 0) is 63.0 Å². The zero-order chi connectivity index (χ0) is 26.7. The van der Waals surface area contributed by atoms with E-state index in [2.05, 4.69) is 9.72 Å². The van der Waals surface area contributed by atoms with Crippen LogP contribution in [-0.2, 0) is 16.0 Å². The van der Waals surface area contributed by atoms with Crippen LogP contribution in [0.2, 0.25) is 0 Å². The summed E-state index contributed by atoms with van der Waals surface area (Å²) < 4.78 is 61.6. The number of ether oxygens (including phenoxy) is 3. The number of hydrogen-bond acceptors (Lipinski definition) is 7. The first kappa shape index (κ1) is 29.5. The predicted molar refractivity (Wildman–Crippen MR) is 134 cm³/mol. The summed E-state index contributed by atoms with van der Waals surface area (Å²) in [7, 11) is 0. The lowest BCUT2D eigenvalue weighted by molar-refractivity contribution is -0.152. The smallest absolute Gasteiger partial charge is 0.387 e. The summed E-state index contributed by atoms with van der Waals surface area (Å²) >= 11 is 0. The lowest BCUT2D eigenvalue weighted by Gasteiger charge is -2.34. The molecule has 1 fully saturated rings. The Morgan fingerprint density at radius 3 is 2.66 bits per heavy atom. The number of rotatable bonds is 12. The van der Waals surface area contributed by atoms with Crippen molar-refractivity contribution < 1.29 is 41.7 Å². The highest BCUT2D eigenvalue weighted by molar-refractivity contribution is 5.85. The number of benzene rings is 1. The molecule has 1 heterocycles. The molecule has 2 aliphatic carbocycles. The molecule has 2 aromatic rings. The first-order valence-electron chi connectivity index (χ1n) is 12.0. The summed E-state index contributed by atoms with van der Waals surface area (Å²) in [5.41, 5.74) is 5.11. The van der Waals surface area contributed by atoms with Crippen LogP contribution in [0.4, 0.5) is 13.2 Å². The van der Waals surface area contributed by atoms with Crippen molar-refractivity contribution in [2.75, 3.05) is 13.2 Å². The van der Waals surface area contributed by atoms with Gasteiger partial charge in [-0.15, -0.1) is 12.4 Å². The summed E-state index contributed by atoms with van der Waals surface area (Å²) in [5, 5.41) is 10.2. The number of aliphatic carboxylic acids is 1. The molecule has 1 saturated carbocycles. The number of aromatic nitrogens is 1. The molecule has 1 aromatic heterocycles. The fraction of sp³-hybridized carbons (Fsp3) is 0.462. The van der Waals surface area contributed by atoms with Gasteiger partial charge in [-0.2, -0.15) is 8.78 Å². The predicted octanol–water partition coefficient (Wildman–Crippen LogP) is 5.62. The van der Waals surface area contributed by atoms with E-state index in [0.29, 0.717) is 18.1 Å². The van der Waals surface area contributed by atoms with Crippen LogP contribution >= 0.6 is 12.4 Å². The number of alkyl halides is 2. The van der Waals surface area contributed by atoms with Crippen molar-refractivity contribution in [3.63, 3.8) is 0 Å². The van der Waals surface area contributed by atoms with Crippen LogP contribution in [0.1, 0.15) is 44.2 Å². The molecule has 1 aromatic carbocycles. The molecule has 208 valence electrons. The number of carboxylic acid groups (broad SMARTS) is 1. The number of carboxylic acids is 1. The maximum atomic E-state index is 14.0. The van der Waals surface area contributed by atoms with Gasteiger partial charge in [0.1, 0.15) is 17.0 Å². The molecule has 0 amide bonds. The summed E-state index contributed by atoms with van der Waals surface area (Å²) in [6, 6.07) is 3.64. The summed E-state index contributed by atoms with van der Waals surface area (Å²) in [5.74, 6) is -1.14. The molecule has 0 aliphatic heterocycles. The molecule has 3 N–H and O–H groups in total. The number of hydrogen-bond donors (Lipinski definition) is 2. The fourth-order valence-electron chi connectivity index (χ4n) is 4.16. The largest absolute Gasteiger partial charge is 0.489 e. The van der Waals surface area contributed by atoms with E-state index in [-0.39, 0.29) is 54.3 Å². The number of nitrogens with two attached hydrogens (primary N) is 1. The van der Waals surface area contributed by atoms with E-state index in [1.54, 1.807) is 13.8 Å². The Morgan fingerprint density at radius 1 is 1.32 bits per heavy atom. The van der Waals surface area contributed by atoms with E-state index < -0.39 is 36.0 Å². The van der Waals surface area contributed by atoms with Gasteiger partial charge in [0.2, 0.25) is 5.89 Å². The number of allylic oxidation sites excluding steroid dienone is 2. The number of carbonyl (C=O) groups is 1. The molecule has 12 heteroatoms. The second kappa shape index (κ2) is 12.2. The Morgan fingerprint density at radius 2 is 2.05 bits per heavy atom. The summed E-state index contributed by atoms with van der Waals surface area (Å²) in [4.78, 5) is 17.0. The Labute approximate surface area is 224 Å². The maximum absolute atomic E-state index is 14.0. The molecular formula is C26H30ClF3N2O6. The Hall–Kier alpha value is -3.02. The normalized spacial score (nSPS) is 21.6. The third-order valence-corrected chi connectivity index (χ3v) is 6.28. The van der Waals surface area contributed by atoms with E-state index >= 15 is 0 Å². The average molecular weight is 559 g/mol. The molecule has 2 aliphatic rings. The van der Waals surface area contributed by atoms with Crippen molar-refractivity contribution in [3.8, 4) is 23.0 Å². The van der Waals surface area contributed by atoms with E-state index in [9.17, 15) is 23.1 Å². The van der Waals surface area contributed by atoms with Crippen molar-refractivity contribution in [2.45, 2.75) is 51.9 Å². The molecule has 3 unspecified atom stereocenters. The van der Waals surface area contributed by atoms with Gasteiger partial charge in [0.15, 0.2) is 11.5 Å². The van der Waals surface area contributed by atoms with Gasteiger partial charge >= 0.3 is 12.6 Å². The standard InChI is InChI=1S/C26H29F3N2O6.ClH/c1-3-34-21-11-17(27)8-9-26(21,24(32)33)12-18-22(14(2)30)37-23(31-18)16-6-7-19(36-25(28)29)20(10-16)35-13-15-4-5-15;/h6-11,14-15,21,25H,3-5,12-13,30H2,1-2H3,(H,32,33);1H. The number of oxazole rings is 1. The van der Waals surface area contributed by atoms with Crippen LogP contribution < -0.4 is 15.2 Å². The molecule has 0 radical (unpaired) electrons. The van der Waals surface area contributed by atoms with Crippen molar-refractivity contribution in [1.82, 2.24) is 4.98 Å². The first-order chi connectivity index (χ1) is 17.6. The molecular weight excluding hydrogens is 529 g/mol. The average Bonchev–Trinajstić information content (AvgIpc) is 3.57. The quantitative estimate of drug-likeness (QED) is 0.345. The lowest BCUT2D eigenvalue weighted by atomic mass is 9.74. The number of halogens is 4. The van der Waals surface area contributed by atoms with Crippen LogP contribution in [0.3, 0.4) is 0 Å². The lowest BCUT2D eigenvalue weighted by Crippen LogP contribution is -2.45. The van der Waals surface area contributed by atoms with Crippen LogP contribution in [0.25, 0.3) is 11.5 Å². The molecule has 0 bridgehead atoms. The van der Waals surface area contributed by atoms with E-state index in [4.69, 9.17) is 19.6 Å². The van der Waals surface area contributed by atoms with E-state index in [0.717, 1.165) is 25.0 Å². The van der Waals surface area contributed by atoms with Crippen molar-refractivity contribution >= 4 is 18.4 Å². The van der Waals surface area contributed by atoms with Crippen molar-refractivity contribution in [3.05, 3.63) is 53.7 Å². The van der Waals surface area contributed by atoms with Gasteiger partial charge < -0.3 is 29.5 Å². The third-order valence-electron chi connectivity index (χ3n) is 6.28. The zero-order valence-corrected chi connectivity index (χ0v) is 21.7. The Bertz CT molecular complexity index is 1200. The highest BCUT2D eigenvalue weighted by Gasteiger charge is 2.47. The summed E-state index contributed by atoms with van der Waals surface area (Å²) in [6.07, 6.45) is 4.20. The Balaban J connectivity index is 0.00000400. The van der Waals surface area contributed by atoms with E-state index in [1.807, 2.05) is 0 Å². The van der Waals surface area contributed by atoms with Crippen molar-refractivity contribution in [1.29, 1.82) is 0 Å². The number of nitrogens with zero attached hydrogens (tertiary/aromatic N) is 1. The van der Waals surface area contributed by atoms with Gasteiger partial charge in [-0.3, -0.25) is 4.79 Å². The van der Waals surface area contributed by atoms with Gasteiger partial charge in [0.05, 0.1) is 24.4 Å². The fourth-order valence-corrected chi connectivity index (χ4v) is 4.16. The van der Waals surface area contributed by atoms with Crippen LogP contribution in [-0.4, -0.2) is 42.0 Å². The molecule has 0 saturated heterocycles. The van der Waals surface area contributed by atoms with Crippen LogP contribution in [0.5, 0.6) is 11.5 Å². The molecule has 3 atom stereocenters. The van der Waals surface area contributed by atoms with Crippen LogP contribution in [0.15, 0.2) is 46.7 Å². The second-order valence-electron chi connectivity index (χ2n) is 9.20. The molecule has 8 nitrogen and oxygen atoms in total. The first-order valence-corrected chi connectivity index (χ1v) is 12.0. The highest BCUT2D eigenvalue weighted by Crippen LogP contribution is 2.40. The maximum Gasteiger partial charge on any atom is 0.387 e. The zero-order valence-electron chi connectivity index (χ0n) is 20.9. The molecule has 4 rings (SSSR count). The minimum Gasteiger partial charge on any atom is -0.489 e. The monoisotopic (exact) mass is 558 g/mol.